The van der Waals surface area contributed by atoms with Crippen LogP contribution in [0.15, 0.2) is 0 Å². The Morgan fingerprint density at radius 3 is 2.73 bits per heavy atom. The minimum absolute atomic E-state index is 0.253. The van der Waals surface area contributed by atoms with Crippen LogP contribution in [0.1, 0.15) is 33.1 Å². The molecule has 0 saturated heterocycles. The SMILES string of the molecule is C[C@H](CO)N[C@@H]1CCC[C@@H]1C. The summed E-state index contributed by atoms with van der Waals surface area (Å²) in [5, 5.41) is 12.2. The second kappa shape index (κ2) is 4.07. The van der Waals surface area contributed by atoms with E-state index in [1.807, 2.05) is 6.92 Å². The van der Waals surface area contributed by atoms with Crippen LogP contribution in [0.4, 0.5) is 0 Å². The molecule has 1 aliphatic rings. The first kappa shape index (κ1) is 9.01. The summed E-state index contributed by atoms with van der Waals surface area (Å²) in [5.74, 6) is 0.795. The van der Waals surface area contributed by atoms with Gasteiger partial charge in [0.15, 0.2) is 0 Å². The number of nitrogens with one attached hydrogen (secondary N) is 1. The lowest BCUT2D eigenvalue weighted by Gasteiger charge is -2.21. The fourth-order valence-electron chi connectivity index (χ4n) is 1.81. The summed E-state index contributed by atoms with van der Waals surface area (Å²) in [4.78, 5) is 0. The van der Waals surface area contributed by atoms with Crippen LogP contribution in [-0.4, -0.2) is 23.8 Å². The van der Waals surface area contributed by atoms with Gasteiger partial charge in [-0.1, -0.05) is 13.3 Å². The third-order valence-corrected chi connectivity index (χ3v) is 2.63. The Balaban J connectivity index is 2.24. The van der Waals surface area contributed by atoms with Crippen molar-refractivity contribution in [3.05, 3.63) is 0 Å². The van der Waals surface area contributed by atoms with Gasteiger partial charge in [0.25, 0.3) is 0 Å². The van der Waals surface area contributed by atoms with Crippen molar-refractivity contribution < 1.29 is 5.11 Å². The van der Waals surface area contributed by atoms with Gasteiger partial charge in [-0.15, -0.1) is 0 Å². The molecule has 0 aromatic heterocycles. The molecule has 0 aromatic rings. The first-order chi connectivity index (χ1) is 5.24. The predicted octanol–water partition coefficient (Wildman–Crippen LogP) is 1.15. The Morgan fingerprint density at radius 1 is 1.55 bits per heavy atom. The highest BCUT2D eigenvalue weighted by molar-refractivity contribution is 4.81. The highest BCUT2D eigenvalue weighted by atomic mass is 16.3. The Kier molecular flexibility index (Phi) is 3.34. The first-order valence-electron chi connectivity index (χ1n) is 4.61. The number of hydrogen-bond acceptors (Lipinski definition) is 2. The van der Waals surface area contributed by atoms with E-state index in [0.29, 0.717) is 6.04 Å². The average molecular weight is 157 g/mol. The van der Waals surface area contributed by atoms with Gasteiger partial charge in [-0.25, -0.2) is 0 Å². The van der Waals surface area contributed by atoms with E-state index in [2.05, 4.69) is 12.2 Å². The van der Waals surface area contributed by atoms with Crippen LogP contribution in [0.2, 0.25) is 0 Å². The summed E-state index contributed by atoms with van der Waals surface area (Å²) in [6.07, 6.45) is 3.97. The van der Waals surface area contributed by atoms with Crippen LogP contribution in [0.25, 0.3) is 0 Å². The summed E-state index contributed by atoms with van der Waals surface area (Å²) < 4.78 is 0. The molecule has 0 unspecified atom stereocenters. The second-order valence-electron chi connectivity index (χ2n) is 3.76. The Morgan fingerprint density at radius 2 is 2.27 bits per heavy atom. The zero-order valence-electron chi connectivity index (χ0n) is 7.51. The largest absolute Gasteiger partial charge is 0.395 e. The van der Waals surface area contributed by atoms with Crippen molar-refractivity contribution >= 4 is 0 Å². The maximum atomic E-state index is 8.82. The maximum absolute atomic E-state index is 8.82. The number of hydrogen-bond donors (Lipinski definition) is 2. The van der Waals surface area contributed by atoms with Gasteiger partial charge in [-0.3, -0.25) is 0 Å². The minimum atomic E-state index is 0.253. The van der Waals surface area contributed by atoms with Crippen molar-refractivity contribution in [3.8, 4) is 0 Å². The monoisotopic (exact) mass is 157 g/mol. The molecule has 1 aliphatic carbocycles. The Hall–Kier alpha value is -0.0800. The zero-order chi connectivity index (χ0) is 8.27. The van der Waals surface area contributed by atoms with Gasteiger partial charge in [0.2, 0.25) is 0 Å². The molecule has 0 bridgehead atoms. The molecular weight excluding hydrogens is 138 g/mol. The fraction of sp³-hybridized carbons (Fsp3) is 1.00. The standard InChI is InChI=1S/C9H19NO/c1-7-4-3-5-9(7)10-8(2)6-11/h7-11H,3-6H2,1-2H3/t7-,8+,9+/m0/s1. The Labute approximate surface area is 69.0 Å². The molecule has 2 heteroatoms. The molecule has 1 saturated carbocycles. The van der Waals surface area contributed by atoms with Crippen molar-refractivity contribution in [1.82, 2.24) is 5.32 Å². The lowest BCUT2D eigenvalue weighted by Crippen LogP contribution is -2.39. The summed E-state index contributed by atoms with van der Waals surface area (Å²) in [6.45, 7) is 4.57. The van der Waals surface area contributed by atoms with Crippen molar-refractivity contribution in [2.45, 2.75) is 45.2 Å². The van der Waals surface area contributed by atoms with Crippen molar-refractivity contribution in [2.75, 3.05) is 6.61 Å². The quantitative estimate of drug-likeness (QED) is 0.644. The molecule has 66 valence electrons. The van der Waals surface area contributed by atoms with Gasteiger partial charge in [-0.2, -0.15) is 0 Å². The predicted molar refractivity (Wildman–Crippen MR) is 46.5 cm³/mol. The average Bonchev–Trinajstić information content (AvgIpc) is 2.37. The number of aliphatic hydroxyl groups is 1. The van der Waals surface area contributed by atoms with Crippen LogP contribution in [0.5, 0.6) is 0 Å². The van der Waals surface area contributed by atoms with Crippen molar-refractivity contribution in [2.24, 2.45) is 5.92 Å². The van der Waals surface area contributed by atoms with E-state index < -0.39 is 0 Å². The van der Waals surface area contributed by atoms with E-state index >= 15 is 0 Å². The summed E-state index contributed by atoms with van der Waals surface area (Å²) in [6, 6.07) is 0.915. The van der Waals surface area contributed by atoms with Crippen molar-refractivity contribution in [1.29, 1.82) is 0 Å². The van der Waals surface area contributed by atoms with Crippen molar-refractivity contribution in [3.63, 3.8) is 0 Å². The maximum Gasteiger partial charge on any atom is 0.0582 e. The van der Waals surface area contributed by atoms with E-state index in [1.165, 1.54) is 19.3 Å². The van der Waals surface area contributed by atoms with E-state index in [-0.39, 0.29) is 12.6 Å². The van der Waals surface area contributed by atoms with E-state index in [0.717, 1.165) is 5.92 Å². The van der Waals surface area contributed by atoms with E-state index in [1.54, 1.807) is 0 Å². The summed E-state index contributed by atoms with van der Waals surface area (Å²) >= 11 is 0. The lowest BCUT2D eigenvalue weighted by atomic mass is 10.1. The molecule has 3 atom stereocenters. The summed E-state index contributed by atoms with van der Waals surface area (Å²) in [5.41, 5.74) is 0. The van der Waals surface area contributed by atoms with Crippen LogP contribution in [0, 0.1) is 5.92 Å². The molecule has 0 spiro atoms. The highest BCUT2D eigenvalue weighted by Crippen LogP contribution is 2.24. The van der Waals surface area contributed by atoms with Gasteiger partial charge >= 0.3 is 0 Å². The van der Waals surface area contributed by atoms with Crippen LogP contribution in [0.3, 0.4) is 0 Å². The molecule has 1 rings (SSSR count). The lowest BCUT2D eigenvalue weighted by molar-refractivity contribution is 0.232. The molecule has 11 heavy (non-hydrogen) atoms. The minimum Gasteiger partial charge on any atom is -0.395 e. The third-order valence-electron chi connectivity index (χ3n) is 2.63. The van der Waals surface area contributed by atoms with Gasteiger partial charge in [-0.05, 0) is 25.7 Å². The molecule has 0 radical (unpaired) electrons. The van der Waals surface area contributed by atoms with E-state index in [9.17, 15) is 0 Å². The zero-order valence-corrected chi connectivity index (χ0v) is 7.51. The third kappa shape index (κ3) is 2.46. The highest BCUT2D eigenvalue weighted by Gasteiger charge is 2.23. The normalized spacial score (nSPS) is 34.1. The Bertz CT molecular complexity index is 116. The molecule has 2 nitrogen and oxygen atoms in total. The topological polar surface area (TPSA) is 32.3 Å². The summed E-state index contributed by atoms with van der Waals surface area (Å²) in [7, 11) is 0. The number of rotatable bonds is 3. The van der Waals surface area contributed by atoms with Crippen LogP contribution >= 0.6 is 0 Å². The fourth-order valence-corrected chi connectivity index (χ4v) is 1.81. The molecule has 2 N–H and O–H groups in total. The second-order valence-corrected chi connectivity index (χ2v) is 3.76. The van der Waals surface area contributed by atoms with Gasteiger partial charge in [0, 0.05) is 12.1 Å². The molecule has 0 heterocycles. The molecule has 1 fully saturated rings. The van der Waals surface area contributed by atoms with Gasteiger partial charge < -0.3 is 10.4 Å². The van der Waals surface area contributed by atoms with Gasteiger partial charge in [0.1, 0.15) is 0 Å². The van der Waals surface area contributed by atoms with Crippen LogP contribution < -0.4 is 5.32 Å². The van der Waals surface area contributed by atoms with Gasteiger partial charge in [0.05, 0.1) is 6.61 Å². The van der Waals surface area contributed by atoms with Crippen LogP contribution in [-0.2, 0) is 0 Å². The number of aliphatic hydroxyl groups excluding tert-OH is 1. The first-order valence-corrected chi connectivity index (χ1v) is 4.61. The van der Waals surface area contributed by atoms with E-state index in [4.69, 9.17) is 5.11 Å². The molecule has 0 aromatic carbocycles. The smallest absolute Gasteiger partial charge is 0.0582 e. The molecule has 0 amide bonds. The molecular formula is C9H19NO. The molecule has 0 aliphatic heterocycles.